The number of nitrogens with one attached hydrogen (secondary N) is 2. The average molecular weight is 444 g/mol. The van der Waals surface area contributed by atoms with Crippen LogP contribution >= 0.6 is 11.3 Å². The Hall–Kier alpha value is -2.45. The number of sulfonamides is 1. The maximum Gasteiger partial charge on any atom is 0.262 e. The van der Waals surface area contributed by atoms with Crippen LogP contribution in [0.25, 0.3) is 10.2 Å². The number of fused-ring (bicyclic) bond motifs is 1. The summed E-state index contributed by atoms with van der Waals surface area (Å²) in [6, 6.07) is 10.5. The van der Waals surface area contributed by atoms with Gasteiger partial charge in [0.2, 0.25) is 5.91 Å². The molecule has 1 aliphatic rings. The molecule has 0 saturated heterocycles. The Morgan fingerprint density at radius 2 is 1.83 bits per heavy atom. The Morgan fingerprint density at radius 1 is 1.07 bits per heavy atom. The fraction of sp³-hybridized carbons (Fsp3) is 0.364. The van der Waals surface area contributed by atoms with Crippen LogP contribution in [0.2, 0.25) is 0 Å². The quantitative estimate of drug-likeness (QED) is 0.565. The van der Waals surface area contributed by atoms with Crippen molar-refractivity contribution in [3.05, 3.63) is 47.5 Å². The van der Waals surface area contributed by atoms with Gasteiger partial charge in [0.25, 0.3) is 10.0 Å². The monoisotopic (exact) mass is 443 g/mol. The van der Waals surface area contributed by atoms with Gasteiger partial charge in [0, 0.05) is 5.92 Å². The van der Waals surface area contributed by atoms with Crippen molar-refractivity contribution in [1.29, 1.82) is 0 Å². The van der Waals surface area contributed by atoms with Crippen LogP contribution in [0.1, 0.15) is 43.2 Å². The highest BCUT2D eigenvalue weighted by atomic mass is 32.2. The molecule has 0 radical (unpaired) electrons. The second-order valence-electron chi connectivity index (χ2n) is 7.90. The van der Waals surface area contributed by atoms with Gasteiger partial charge in [-0.05, 0) is 56.5 Å². The summed E-state index contributed by atoms with van der Waals surface area (Å²) in [6.07, 6.45) is 5.26. The Balaban J connectivity index is 1.52. The van der Waals surface area contributed by atoms with Crippen LogP contribution in [-0.4, -0.2) is 19.3 Å². The van der Waals surface area contributed by atoms with Crippen molar-refractivity contribution in [3.8, 4) is 0 Å². The molecule has 30 heavy (non-hydrogen) atoms. The topological polar surface area (TPSA) is 88.2 Å². The summed E-state index contributed by atoms with van der Waals surface area (Å²) in [5.74, 6) is 0.0930. The maximum atomic E-state index is 12.8. The minimum atomic E-state index is -3.70. The zero-order chi connectivity index (χ0) is 21.3. The fourth-order valence-corrected chi connectivity index (χ4v) is 6.05. The Morgan fingerprint density at radius 3 is 2.57 bits per heavy atom. The van der Waals surface area contributed by atoms with Crippen LogP contribution in [0.15, 0.2) is 41.3 Å². The third-order valence-corrected chi connectivity index (χ3v) is 7.96. The average Bonchev–Trinajstić information content (AvgIpc) is 3.09. The summed E-state index contributed by atoms with van der Waals surface area (Å²) in [5, 5.41) is 3.49. The lowest BCUT2D eigenvalue weighted by molar-refractivity contribution is -0.120. The van der Waals surface area contributed by atoms with Crippen LogP contribution in [0.5, 0.6) is 0 Å². The van der Waals surface area contributed by atoms with Gasteiger partial charge >= 0.3 is 0 Å². The van der Waals surface area contributed by atoms with E-state index in [-0.39, 0.29) is 16.7 Å². The van der Waals surface area contributed by atoms with E-state index in [4.69, 9.17) is 0 Å². The van der Waals surface area contributed by atoms with Gasteiger partial charge in [-0.1, -0.05) is 48.3 Å². The van der Waals surface area contributed by atoms with Crippen molar-refractivity contribution in [3.63, 3.8) is 0 Å². The molecule has 0 spiro atoms. The number of amides is 1. The second kappa shape index (κ2) is 8.35. The molecule has 0 unspecified atom stereocenters. The van der Waals surface area contributed by atoms with Crippen LogP contribution in [0.3, 0.4) is 0 Å². The molecule has 158 valence electrons. The van der Waals surface area contributed by atoms with E-state index in [0.29, 0.717) is 21.9 Å². The molecule has 1 fully saturated rings. The van der Waals surface area contributed by atoms with Gasteiger partial charge in [0.15, 0.2) is 5.13 Å². The molecule has 3 aromatic rings. The molecule has 2 N–H and O–H groups in total. The van der Waals surface area contributed by atoms with Gasteiger partial charge in [0.1, 0.15) is 0 Å². The minimum Gasteiger partial charge on any atom is -0.302 e. The van der Waals surface area contributed by atoms with E-state index < -0.39 is 10.0 Å². The number of carbonyl (C=O) groups excluding carboxylic acids is 1. The van der Waals surface area contributed by atoms with Crippen molar-refractivity contribution in [1.82, 2.24) is 4.98 Å². The predicted octanol–water partition coefficient (Wildman–Crippen LogP) is 5.23. The van der Waals surface area contributed by atoms with Crippen LogP contribution in [-0.2, 0) is 14.8 Å². The third-order valence-electron chi connectivity index (χ3n) is 5.47. The van der Waals surface area contributed by atoms with E-state index in [0.717, 1.165) is 35.9 Å². The van der Waals surface area contributed by atoms with Crippen molar-refractivity contribution in [2.24, 2.45) is 5.92 Å². The predicted molar refractivity (Wildman–Crippen MR) is 122 cm³/mol. The van der Waals surface area contributed by atoms with E-state index in [1.54, 1.807) is 31.2 Å². The number of nitrogens with zero attached hydrogens (tertiary/aromatic N) is 1. The number of rotatable bonds is 5. The standard InChI is InChI=1S/C22H25N3O3S2/c1-14-8-11-20(15(2)12-14)30(27,28)25-17-9-10-19-18(13-17)23-22(29-19)24-21(26)16-6-4-3-5-7-16/h8-13,16,25H,3-7H2,1-2H3,(H,23,24,26). The molecule has 0 bridgehead atoms. The number of thiazole rings is 1. The highest BCUT2D eigenvalue weighted by Gasteiger charge is 2.22. The first-order chi connectivity index (χ1) is 14.3. The van der Waals surface area contributed by atoms with Crippen molar-refractivity contribution < 1.29 is 13.2 Å². The zero-order valence-corrected chi connectivity index (χ0v) is 18.7. The van der Waals surface area contributed by atoms with E-state index in [1.165, 1.54) is 17.8 Å². The number of carbonyl (C=O) groups is 1. The molecule has 6 nitrogen and oxygen atoms in total. The van der Waals surface area contributed by atoms with Crippen LogP contribution in [0.4, 0.5) is 10.8 Å². The van der Waals surface area contributed by atoms with Gasteiger partial charge < -0.3 is 5.32 Å². The molecule has 1 heterocycles. The summed E-state index contributed by atoms with van der Waals surface area (Å²) in [5.41, 5.74) is 2.81. The van der Waals surface area contributed by atoms with Gasteiger partial charge in [-0.3, -0.25) is 9.52 Å². The molecular weight excluding hydrogens is 418 g/mol. The molecule has 1 aromatic heterocycles. The lowest BCUT2D eigenvalue weighted by Gasteiger charge is -2.19. The van der Waals surface area contributed by atoms with E-state index in [2.05, 4.69) is 15.0 Å². The van der Waals surface area contributed by atoms with Crippen LogP contribution in [0, 0.1) is 19.8 Å². The first-order valence-corrected chi connectivity index (χ1v) is 12.4. The second-order valence-corrected chi connectivity index (χ2v) is 10.6. The number of aryl methyl sites for hydroxylation is 2. The van der Waals surface area contributed by atoms with Crippen molar-refractivity contribution >= 4 is 48.3 Å². The Labute approximate surface area is 180 Å². The first kappa shape index (κ1) is 20.8. The molecule has 4 rings (SSSR count). The summed E-state index contributed by atoms with van der Waals surface area (Å²) in [6.45, 7) is 3.71. The van der Waals surface area contributed by atoms with E-state index in [9.17, 15) is 13.2 Å². The number of benzene rings is 2. The molecule has 1 aliphatic carbocycles. The molecular formula is C22H25N3O3S2. The SMILES string of the molecule is Cc1ccc(S(=O)(=O)Nc2ccc3sc(NC(=O)C4CCCCC4)nc3c2)c(C)c1. The Kier molecular flexibility index (Phi) is 5.79. The maximum absolute atomic E-state index is 12.8. The number of anilines is 2. The fourth-order valence-electron chi connectivity index (χ4n) is 3.93. The smallest absolute Gasteiger partial charge is 0.262 e. The number of hydrogen-bond donors (Lipinski definition) is 2. The first-order valence-electron chi connectivity index (χ1n) is 10.1. The molecule has 2 aromatic carbocycles. The van der Waals surface area contributed by atoms with Crippen molar-refractivity contribution in [2.45, 2.75) is 50.8 Å². The molecule has 0 aliphatic heterocycles. The van der Waals surface area contributed by atoms with Gasteiger partial charge in [-0.2, -0.15) is 0 Å². The van der Waals surface area contributed by atoms with Gasteiger partial charge in [0.05, 0.1) is 20.8 Å². The molecule has 1 saturated carbocycles. The number of aromatic nitrogens is 1. The highest BCUT2D eigenvalue weighted by molar-refractivity contribution is 7.92. The lowest BCUT2D eigenvalue weighted by Crippen LogP contribution is -2.24. The third kappa shape index (κ3) is 4.49. The number of hydrogen-bond acceptors (Lipinski definition) is 5. The molecule has 8 heteroatoms. The van der Waals surface area contributed by atoms with Gasteiger partial charge in [-0.15, -0.1) is 0 Å². The summed E-state index contributed by atoms with van der Waals surface area (Å²) < 4.78 is 29.1. The molecule has 0 atom stereocenters. The highest BCUT2D eigenvalue weighted by Crippen LogP contribution is 2.31. The summed E-state index contributed by atoms with van der Waals surface area (Å²) in [4.78, 5) is 17.2. The summed E-state index contributed by atoms with van der Waals surface area (Å²) >= 11 is 1.40. The summed E-state index contributed by atoms with van der Waals surface area (Å²) in [7, 11) is -3.70. The molecule has 1 amide bonds. The van der Waals surface area contributed by atoms with Crippen molar-refractivity contribution in [2.75, 3.05) is 10.0 Å². The lowest BCUT2D eigenvalue weighted by atomic mass is 9.89. The van der Waals surface area contributed by atoms with Crippen LogP contribution < -0.4 is 10.0 Å². The van der Waals surface area contributed by atoms with E-state index in [1.807, 2.05) is 19.1 Å². The van der Waals surface area contributed by atoms with E-state index >= 15 is 0 Å². The zero-order valence-electron chi connectivity index (χ0n) is 17.1. The van der Waals surface area contributed by atoms with Gasteiger partial charge in [-0.25, -0.2) is 13.4 Å². The normalized spacial score (nSPS) is 15.3. The largest absolute Gasteiger partial charge is 0.302 e. The Bertz CT molecular complexity index is 1200. The minimum absolute atomic E-state index is 0.0320.